The minimum Gasteiger partial charge on any atom is -0.383 e. The van der Waals surface area contributed by atoms with Gasteiger partial charge in [-0.3, -0.25) is 0 Å². The molecule has 0 saturated heterocycles. The van der Waals surface area contributed by atoms with Gasteiger partial charge < -0.3 is 15.4 Å². The van der Waals surface area contributed by atoms with Gasteiger partial charge in [-0.05, 0) is 37.3 Å². The summed E-state index contributed by atoms with van der Waals surface area (Å²) in [6, 6.07) is 12.5. The molecule has 0 spiro atoms. The van der Waals surface area contributed by atoms with E-state index in [1.807, 2.05) is 6.92 Å². The molecule has 0 saturated carbocycles. The van der Waals surface area contributed by atoms with Gasteiger partial charge in [0.1, 0.15) is 17.5 Å². The first-order chi connectivity index (χ1) is 15.0. The second-order valence-electron chi connectivity index (χ2n) is 6.80. The number of benzene rings is 2. The molecule has 31 heavy (non-hydrogen) atoms. The van der Waals surface area contributed by atoms with E-state index in [0.29, 0.717) is 23.8 Å². The molecule has 2 amide bonds. The molecule has 0 aliphatic rings. The molecule has 7 nitrogen and oxygen atoms in total. The van der Waals surface area contributed by atoms with Gasteiger partial charge in [0.2, 0.25) is 5.95 Å². The maximum absolute atomic E-state index is 13.9. The van der Waals surface area contributed by atoms with Crippen molar-refractivity contribution in [3.05, 3.63) is 78.0 Å². The number of rotatable bonds is 8. The van der Waals surface area contributed by atoms with Gasteiger partial charge in [-0.2, -0.15) is 4.98 Å². The molecule has 3 aromatic rings. The van der Waals surface area contributed by atoms with Gasteiger partial charge in [0.25, 0.3) is 0 Å². The zero-order valence-electron chi connectivity index (χ0n) is 17.2. The molecule has 9 heteroatoms. The molecule has 2 aromatic carbocycles. The Hall–Kier alpha value is -3.59. The zero-order valence-corrected chi connectivity index (χ0v) is 17.2. The van der Waals surface area contributed by atoms with Crippen LogP contribution in [0.3, 0.4) is 0 Å². The number of carbonyl (C=O) groups is 1. The molecule has 0 fully saturated rings. The first-order valence-electron chi connectivity index (χ1n) is 9.63. The van der Waals surface area contributed by atoms with Crippen molar-refractivity contribution >= 4 is 23.5 Å². The van der Waals surface area contributed by atoms with Gasteiger partial charge in [0.05, 0.1) is 12.3 Å². The summed E-state index contributed by atoms with van der Waals surface area (Å²) in [5, 5.41) is 5.77. The van der Waals surface area contributed by atoms with Crippen LogP contribution < -0.4 is 15.5 Å². The van der Waals surface area contributed by atoms with Crippen molar-refractivity contribution in [3.8, 4) is 0 Å². The van der Waals surface area contributed by atoms with Crippen LogP contribution in [0.4, 0.5) is 31.0 Å². The highest BCUT2D eigenvalue weighted by molar-refractivity contribution is 5.98. The Bertz CT molecular complexity index is 1020. The predicted octanol–water partition coefficient (Wildman–Crippen LogP) is 4.25. The van der Waals surface area contributed by atoms with Crippen LogP contribution in [0.1, 0.15) is 12.5 Å². The minimum atomic E-state index is -0.551. The van der Waals surface area contributed by atoms with E-state index in [-0.39, 0.29) is 18.4 Å². The summed E-state index contributed by atoms with van der Waals surface area (Å²) >= 11 is 0. The molecule has 1 aromatic heterocycles. The molecule has 162 valence electrons. The van der Waals surface area contributed by atoms with Crippen LogP contribution in [0.15, 0.2) is 60.8 Å². The van der Waals surface area contributed by atoms with E-state index >= 15 is 0 Å². The van der Waals surface area contributed by atoms with Crippen LogP contribution in [0, 0.1) is 11.6 Å². The summed E-state index contributed by atoms with van der Waals surface area (Å²) in [6.07, 6.45) is 1.50. The lowest BCUT2D eigenvalue weighted by molar-refractivity contribution is 0.190. The molecule has 0 radical (unpaired) electrons. The molecule has 3 rings (SSSR count). The largest absolute Gasteiger partial charge is 0.383 e. The summed E-state index contributed by atoms with van der Waals surface area (Å²) in [4.78, 5) is 22.9. The van der Waals surface area contributed by atoms with Crippen molar-refractivity contribution < 1.29 is 18.3 Å². The number of anilines is 3. The third-order valence-electron chi connectivity index (χ3n) is 4.34. The highest BCUT2D eigenvalue weighted by Crippen LogP contribution is 2.25. The standard InChI is InChI=1S/C22H23F2N5O2/c1-15(14-31-2)27-21-25-12-11-20(28-21)29(18-9-7-17(23)8-10-18)22(30)26-13-16-5-3-4-6-19(16)24/h3-12,15H,13-14H2,1-2H3,(H,26,30)(H,25,27,28). The molecule has 1 atom stereocenters. The number of halogens is 2. The number of aromatic nitrogens is 2. The van der Waals surface area contributed by atoms with Crippen molar-refractivity contribution in [1.29, 1.82) is 0 Å². The van der Waals surface area contributed by atoms with Crippen LogP contribution in [0.5, 0.6) is 0 Å². The van der Waals surface area contributed by atoms with E-state index in [0.717, 1.165) is 0 Å². The quantitative estimate of drug-likeness (QED) is 0.562. The Balaban J connectivity index is 1.87. The van der Waals surface area contributed by atoms with Gasteiger partial charge in [-0.25, -0.2) is 23.5 Å². The summed E-state index contributed by atoms with van der Waals surface area (Å²) in [7, 11) is 1.59. The number of amides is 2. The van der Waals surface area contributed by atoms with Crippen molar-refractivity contribution in [2.75, 3.05) is 23.9 Å². The van der Waals surface area contributed by atoms with Crippen LogP contribution in [-0.4, -0.2) is 35.8 Å². The summed E-state index contributed by atoms with van der Waals surface area (Å²) in [5.41, 5.74) is 0.732. The molecule has 1 unspecified atom stereocenters. The molecule has 0 aliphatic carbocycles. The summed E-state index contributed by atoms with van der Waals surface area (Å²) in [6.45, 7) is 2.32. The maximum atomic E-state index is 13.9. The van der Waals surface area contributed by atoms with Crippen LogP contribution in [0.2, 0.25) is 0 Å². The van der Waals surface area contributed by atoms with Crippen LogP contribution >= 0.6 is 0 Å². The fourth-order valence-electron chi connectivity index (χ4n) is 2.89. The third kappa shape index (κ3) is 5.95. The smallest absolute Gasteiger partial charge is 0.327 e. The van der Waals surface area contributed by atoms with Gasteiger partial charge in [0.15, 0.2) is 0 Å². The number of hydrogen-bond acceptors (Lipinski definition) is 5. The second-order valence-corrected chi connectivity index (χ2v) is 6.80. The van der Waals surface area contributed by atoms with Gasteiger partial charge in [-0.15, -0.1) is 0 Å². The van der Waals surface area contributed by atoms with Crippen LogP contribution in [-0.2, 0) is 11.3 Å². The molecule has 1 heterocycles. The molecular formula is C22H23F2N5O2. The topological polar surface area (TPSA) is 79.4 Å². The van der Waals surface area contributed by atoms with E-state index < -0.39 is 17.7 Å². The van der Waals surface area contributed by atoms with E-state index in [1.165, 1.54) is 41.4 Å². The number of nitrogens with zero attached hydrogens (tertiary/aromatic N) is 3. The lowest BCUT2D eigenvalue weighted by atomic mass is 10.2. The first kappa shape index (κ1) is 22.1. The SMILES string of the molecule is COCC(C)Nc1nccc(N(C(=O)NCc2ccccc2F)c2ccc(F)cc2)n1. The summed E-state index contributed by atoms with van der Waals surface area (Å²) < 4.78 is 32.5. The van der Waals surface area contributed by atoms with E-state index in [9.17, 15) is 13.6 Å². The van der Waals surface area contributed by atoms with Gasteiger partial charge >= 0.3 is 6.03 Å². The lowest BCUT2D eigenvalue weighted by Crippen LogP contribution is -2.37. The average molecular weight is 427 g/mol. The van der Waals surface area contributed by atoms with E-state index in [4.69, 9.17) is 4.74 Å². The maximum Gasteiger partial charge on any atom is 0.327 e. The minimum absolute atomic E-state index is 0.0235. The number of hydrogen-bond donors (Lipinski definition) is 2. The Morgan fingerprint density at radius 1 is 1.13 bits per heavy atom. The van der Waals surface area contributed by atoms with Crippen molar-refractivity contribution in [3.63, 3.8) is 0 Å². The van der Waals surface area contributed by atoms with E-state index in [1.54, 1.807) is 31.4 Å². The fourth-order valence-corrected chi connectivity index (χ4v) is 2.89. The number of methoxy groups -OCH3 is 1. The highest BCUT2D eigenvalue weighted by atomic mass is 19.1. The van der Waals surface area contributed by atoms with Crippen LogP contribution in [0.25, 0.3) is 0 Å². The second kappa shape index (κ2) is 10.4. The van der Waals surface area contributed by atoms with E-state index in [2.05, 4.69) is 20.6 Å². The third-order valence-corrected chi connectivity index (χ3v) is 4.34. The monoisotopic (exact) mass is 427 g/mol. The number of nitrogens with one attached hydrogen (secondary N) is 2. The summed E-state index contributed by atoms with van der Waals surface area (Å²) in [5.74, 6) is -0.290. The average Bonchev–Trinajstić information content (AvgIpc) is 2.75. The van der Waals surface area contributed by atoms with Crippen molar-refractivity contribution in [1.82, 2.24) is 15.3 Å². The Morgan fingerprint density at radius 2 is 1.87 bits per heavy atom. The first-order valence-corrected chi connectivity index (χ1v) is 9.63. The van der Waals surface area contributed by atoms with Gasteiger partial charge in [-0.1, -0.05) is 18.2 Å². The lowest BCUT2D eigenvalue weighted by Gasteiger charge is -2.23. The normalized spacial score (nSPS) is 11.6. The van der Waals surface area contributed by atoms with Crippen molar-refractivity contribution in [2.24, 2.45) is 0 Å². The number of urea groups is 1. The Kier molecular flexibility index (Phi) is 7.45. The molecule has 0 bridgehead atoms. The van der Waals surface area contributed by atoms with Gasteiger partial charge in [0, 0.05) is 37.5 Å². The molecule has 2 N–H and O–H groups in total. The number of ether oxygens (including phenoxy) is 1. The van der Waals surface area contributed by atoms with Crippen molar-refractivity contribution in [2.45, 2.75) is 19.5 Å². The Labute approximate surface area is 179 Å². The number of carbonyl (C=O) groups excluding carboxylic acids is 1. The zero-order chi connectivity index (χ0) is 22.2. The molecular weight excluding hydrogens is 404 g/mol. The highest BCUT2D eigenvalue weighted by Gasteiger charge is 2.21. The fraction of sp³-hybridized carbons (Fsp3) is 0.227. The Morgan fingerprint density at radius 3 is 2.58 bits per heavy atom. The predicted molar refractivity (Wildman–Crippen MR) is 114 cm³/mol. The molecule has 0 aliphatic heterocycles.